The van der Waals surface area contributed by atoms with Gasteiger partial charge < -0.3 is 19.9 Å². The first-order valence-corrected chi connectivity index (χ1v) is 20.2. The summed E-state index contributed by atoms with van der Waals surface area (Å²) in [6, 6.07) is 15.4. The van der Waals surface area contributed by atoms with Crippen LogP contribution in [0.3, 0.4) is 0 Å². The molecule has 2 aromatic carbocycles. The minimum Gasteiger partial charge on any atom is -0.490 e. The number of imide groups is 2. The number of anilines is 2. The van der Waals surface area contributed by atoms with Crippen LogP contribution in [0.25, 0.3) is 0 Å². The molecule has 1 atom stereocenters. The second kappa shape index (κ2) is 16.5. The Morgan fingerprint density at radius 2 is 1.61 bits per heavy atom. The molecular formula is C42H45ClN8O6. The Morgan fingerprint density at radius 1 is 0.860 bits per heavy atom. The lowest BCUT2D eigenvalue weighted by atomic mass is 9.92. The molecule has 2 N–H and O–H groups in total. The fourth-order valence-electron chi connectivity index (χ4n) is 8.71. The Labute approximate surface area is 336 Å². The normalized spacial score (nSPS) is 23.2. The summed E-state index contributed by atoms with van der Waals surface area (Å²) in [7, 11) is 0. The maximum Gasteiger partial charge on any atom is 0.262 e. The van der Waals surface area contributed by atoms with Crippen LogP contribution in [-0.4, -0.2) is 108 Å². The van der Waals surface area contributed by atoms with Gasteiger partial charge in [-0.1, -0.05) is 11.6 Å². The van der Waals surface area contributed by atoms with Gasteiger partial charge in [-0.3, -0.25) is 39.1 Å². The van der Waals surface area contributed by atoms with Crippen LogP contribution in [-0.2, 0) is 9.59 Å². The maximum absolute atomic E-state index is 13.3. The third kappa shape index (κ3) is 8.31. The van der Waals surface area contributed by atoms with Gasteiger partial charge in [-0.05, 0) is 93.3 Å². The van der Waals surface area contributed by atoms with E-state index in [1.807, 2.05) is 18.2 Å². The van der Waals surface area contributed by atoms with Crippen molar-refractivity contribution in [3.63, 3.8) is 0 Å². The molecule has 5 heterocycles. The lowest BCUT2D eigenvalue weighted by Gasteiger charge is -2.40. The SMILES string of the molecule is N#Cc1ccc(O[C@H]2CC[C@H](NC(=O)c3ccc(N4CCC(CN5CCN(c6ccc7c(c6)C(=O)N(C6CCC(=O)NC6=O)C7=O)CC5)CC4)nc3)CC2)cc1Cl. The first-order chi connectivity index (χ1) is 27.6. The number of piperazine rings is 1. The Kier molecular flexibility index (Phi) is 11.1. The van der Waals surface area contributed by atoms with E-state index in [0.717, 1.165) is 101 Å². The molecule has 0 radical (unpaired) electrons. The van der Waals surface area contributed by atoms with Crippen LogP contribution in [0.15, 0.2) is 54.7 Å². The van der Waals surface area contributed by atoms with Crippen molar-refractivity contribution < 1.29 is 28.7 Å². The highest BCUT2D eigenvalue weighted by atomic mass is 35.5. The second-order valence-corrected chi connectivity index (χ2v) is 16.0. The van der Waals surface area contributed by atoms with Crippen LogP contribution in [0.4, 0.5) is 11.5 Å². The van der Waals surface area contributed by atoms with Crippen LogP contribution >= 0.6 is 11.6 Å². The number of benzene rings is 2. The summed E-state index contributed by atoms with van der Waals surface area (Å²) >= 11 is 6.15. The summed E-state index contributed by atoms with van der Waals surface area (Å²) in [5, 5.41) is 14.9. The van der Waals surface area contributed by atoms with Crippen molar-refractivity contribution in [3.05, 3.63) is 82.0 Å². The Hall–Kier alpha value is -5.52. The number of piperidine rings is 2. The zero-order valence-corrected chi connectivity index (χ0v) is 32.4. The van der Waals surface area contributed by atoms with Crippen LogP contribution < -0.4 is 25.2 Å². The smallest absolute Gasteiger partial charge is 0.262 e. The van der Waals surface area contributed by atoms with Gasteiger partial charge in [0.1, 0.15) is 23.7 Å². The van der Waals surface area contributed by atoms with Gasteiger partial charge in [-0.25, -0.2) is 4.98 Å². The number of ether oxygens (including phenoxy) is 1. The van der Waals surface area contributed by atoms with E-state index in [1.54, 1.807) is 36.5 Å². The first kappa shape index (κ1) is 38.4. The van der Waals surface area contributed by atoms with Crippen molar-refractivity contribution in [2.24, 2.45) is 5.92 Å². The number of aromatic nitrogens is 1. The number of pyridine rings is 1. The Morgan fingerprint density at radius 3 is 2.30 bits per heavy atom. The van der Waals surface area contributed by atoms with E-state index in [9.17, 15) is 24.0 Å². The van der Waals surface area contributed by atoms with E-state index in [-0.39, 0.29) is 30.9 Å². The highest BCUT2D eigenvalue weighted by molar-refractivity contribution is 6.31. The van der Waals surface area contributed by atoms with E-state index in [4.69, 9.17) is 21.6 Å². The Balaban J connectivity index is 0.753. The number of fused-ring (bicyclic) bond motifs is 1. The lowest BCUT2D eigenvalue weighted by Crippen LogP contribution is -2.54. The molecule has 4 fully saturated rings. The summed E-state index contributed by atoms with van der Waals surface area (Å²) in [4.78, 5) is 76.2. The van der Waals surface area contributed by atoms with Crippen molar-refractivity contribution in [1.82, 2.24) is 25.4 Å². The zero-order chi connectivity index (χ0) is 39.6. The molecule has 8 rings (SSSR count). The number of nitrogens with zero attached hydrogens (tertiary/aromatic N) is 6. The predicted molar refractivity (Wildman–Crippen MR) is 211 cm³/mol. The average Bonchev–Trinajstić information content (AvgIpc) is 3.47. The molecule has 1 unspecified atom stereocenters. The fraction of sp³-hybridized carbons (Fsp3) is 0.452. The molecule has 0 bridgehead atoms. The van der Waals surface area contributed by atoms with Crippen LogP contribution in [0.1, 0.15) is 88.0 Å². The van der Waals surface area contributed by atoms with Gasteiger partial charge in [0.25, 0.3) is 17.7 Å². The summed E-state index contributed by atoms with van der Waals surface area (Å²) in [5.74, 6) is 0.00302. The van der Waals surface area contributed by atoms with Gasteiger partial charge in [-0.15, -0.1) is 0 Å². The van der Waals surface area contributed by atoms with Crippen LogP contribution in [0.2, 0.25) is 5.02 Å². The number of amides is 5. The molecule has 57 heavy (non-hydrogen) atoms. The van der Waals surface area contributed by atoms with E-state index >= 15 is 0 Å². The number of nitriles is 1. The summed E-state index contributed by atoms with van der Waals surface area (Å²) in [5.41, 5.74) is 2.44. The second-order valence-electron chi connectivity index (χ2n) is 15.6. The van der Waals surface area contributed by atoms with E-state index < -0.39 is 29.7 Å². The third-order valence-corrected chi connectivity index (χ3v) is 12.3. The predicted octanol–water partition coefficient (Wildman–Crippen LogP) is 4.17. The number of hydrogen-bond donors (Lipinski definition) is 2. The summed E-state index contributed by atoms with van der Waals surface area (Å²) < 4.78 is 6.09. The van der Waals surface area contributed by atoms with E-state index in [2.05, 4.69) is 36.4 Å². The number of rotatable bonds is 9. The monoisotopic (exact) mass is 792 g/mol. The average molecular weight is 793 g/mol. The topological polar surface area (TPSA) is 168 Å². The van der Waals surface area contributed by atoms with Crippen molar-refractivity contribution in [1.29, 1.82) is 5.26 Å². The molecule has 1 aromatic heterocycles. The van der Waals surface area contributed by atoms with Gasteiger partial charge in [0.15, 0.2) is 0 Å². The lowest BCUT2D eigenvalue weighted by molar-refractivity contribution is -0.136. The van der Waals surface area contributed by atoms with Crippen molar-refractivity contribution in [2.45, 2.75) is 69.6 Å². The summed E-state index contributed by atoms with van der Waals surface area (Å²) in [6.45, 7) is 6.20. The quantitative estimate of drug-likeness (QED) is 0.299. The highest BCUT2D eigenvalue weighted by Crippen LogP contribution is 2.32. The van der Waals surface area contributed by atoms with Crippen molar-refractivity contribution in [2.75, 3.05) is 55.6 Å². The van der Waals surface area contributed by atoms with Gasteiger partial charge in [0.2, 0.25) is 11.8 Å². The molecule has 15 heteroatoms. The van der Waals surface area contributed by atoms with E-state index in [1.165, 1.54) is 0 Å². The number of carbonyl (C=O) groups is 5. The number of hydrogen-bond acceptors (Lipinski definition) is 11. The largest absolute Gasteiger partial charge is 0.490 e. The van der Waals surface area contributed by atoms with Crippen LogP contribution in [0.5, 0.6) is 5.75 Å². The van der Waals surface area contributed by atoms with Gasteiger partial charge in [-0.2, -0.15) is 5.26 Å². The molecule has 1 aliphatic carbocycles. The first-order valence-electron chi connectivity index (χ1n) is 19.8. The van der Waals surface area contributed by atoms with Gasteiger partial charge >= 0.3 is 0 Å². The van der Waals surface area contributed by atoms with Gasteiger partial charge in [0, 0.05) is 76.2 Å². The molecule has 14 nitrogen and oxygen atoms in total. The van der Waals surface area contributed by atoms with Gasteiger partial charge in [0.05, 0.1) is 33.4 Å². The minimum atomic E-state index is -0.974. The van der Waals surface area contributed by atoms with Crippen molar-refractivity contribution >= 4 is 52.6 Å². The molecule has 5 aliphatic rings. The fourth-order valence-corrected chi connectivity index (χ4v) is 8.92. The molecule has 3 saturated heterocycles. The standard InChI is InChI=1S/C42H45ClN8O6/c43-35-22-32(6-1-27(35)23-44)57-31-7-3-29(4-8-31)46-39(53)28-2-11-37(45-24-28)50-15-13-26(14-16-50)25-48-17-19-49(20-18-48)30-5-9-33-34(21-30)42(56)51(41(33)55)36-10-12-38(52)47-40(36)54/h1-2,5-6,9,11,21-22,24,26,29,31,36H,3-4,7-8,10,12-20,25H2,(H,46,53)(H,47,52,54)/t29-,31-,36?. The van der Waals surface area contributed by atoms with Crippen LogP contribution in [0, 0.1) is 17.2 Å². The molecule has 296 valence electrons. The highest BCUT2D eigenvalue weighted by Gasteiger charge is 2.45. The molecule has 0 spiro atoms. The maximum atomic E-state index is 13.3. The summed E-state index contributed by atoms with van der Waals surface area (Å²) in [6.07, 6.45) is 7.28. The molecule has 5 amide bonds. The Bertz CT molecular complexity index is 2100. The number of carbonyl (C=O) groups excluding carboxylic acids is 5. The zero-order valence-electron chi connectivity index (χ0n) is 31.6. The third-order valence-electron chi connectivity index (χ3n) is 12.0. The minimum absolute atomic E-state index is 0.0339. The van der Waals surface area contributed by atoms with E-state index in [0.29, 0.717) is 38.9 Å². The molecule has 4 aliphatic heterocycles. The number of nitrogens with one attached hydrogen (secondary N) is 2. The molecule has 3 aromatic rings. The molecule has 1 saturated carbocycles. The van der Waals surface area contributed by atoms with Crippen molar-refractivity contribution in [3.8, 4) is 11.8 Å². The number of halogens is 1. The molecular weight excluding hydrogens is 748 g/mol.